The van der Waals surface area contributed by atoms with E-state index in [9.17, 15) is 9.18 Å². The lowest BCUT2D eigenvalue weighted by Crippen LogP contribution is -2.36. The Morgan fingerprint density at radius 3 is 2.67 bits per heavy atom. The minimum Gasteiger partial charge on any atom is -0.353 e. The molecule has 3 aromatic rings. The largest absolute Gasteiger partial charge is 0.353 e. The molecule has 1 amide bonds. The van der Waals surface area contributed by atoms with Crippen molar-refractivity contribution in [1.82, 2.24) is 15.1 Å². The van der Waals surface area contributed by atoms with Crippen LogP contribution < -0.4 is 4.90 Å². The van der Waals surface area contributed by atoms with Gasteiger partial charge in [0.1, 0.15) is 5.82 Å². The summed E-state index contributed by atoms with van der Waals surface area (Å²) in [7, 11) is 0. The molecule has 0 saturated carbocycles. The number of aryl methyl sites for hydroxylation is 2. The Morgan fingerprint density at radius 1 is 1.03 bits per heavy atom. The van der Waals surface area contributed by atoms with Gasteiger partial charge in [-0.25, -0.2) is 4.39 Å². The van der Waals surface area contributed by atoms with Crippen molar-refractivity contribution >= 4 is 11.7 Å². The van der Waals surface area contributed by atoms with E-state index in [1.54, 1.807) is 18.2 Å². The molecule has 0 atom stereocenters. The number of nitrogens with zero attached hydrogens (tertiary/aromatic N) is 3. The standard InChI is InChI=1S/C24H27FN4O/c1-17-8-9-20(14-18(17)2)22-16-23(27-26-22)28-10-5-11-29(13-12-28)24(30)15-19-6-3-4-7-21(19)25/h3-4,6-9,14,16H,5,10-13,15H2,1-2H3,(H,26,27). The molecule has 1 fully saturated rings. The van der Waals surface area contributed by atoms with E-state index >= 15 is 0 Å². The third-order valence-corrected chi connectivity index (χ3v) is 5.85. The fraction of sp³-hybridized carbons (Fsp3) is 0.333. The molecule has 2 heterocycles. The summed E-state index contributed by atoms with van der Waals surface area (Å²) in [6.45, 7) is 7.05. The molecule has 1 aliphatic heterocycles. The second-order valence-electron chi connectivity index (χ2n) is 7.93. The van der Waals surface area contributed by atoms with Gasteiger partial charge in [-0.1, -0.05) is 30.3 Å². The molecule has 0 aliphatic carbocycles. The Hall–Kier alpha value is -3.15. The van der Waals surface area contributed by atoms with Gasteiger partial charge in [0.15, 0.2) is 5.82 Å². The van der Waals surface area contributed by atoms with Gasteiger partial charge in [-0.2, -0.15) is 5.10 Å². The number of nitrogens with one attached hydrogen (secondary N) is 1. The normalized spacial score (nSPS) is 14.6. The molecule has 30 heavy (non-hydrogen) atoms. The molecule has 1 N–H and O–H groups in total. The third-order valence-electron chi connectivity index (χ3n) is 5.85. The summed E-state index contributed by atoms with van der Waals surface area (Å²) in [4.78, 5) is 16.7. The monoisotopic (exact) mass is 406 g/mol. The van der Waals surface area contributed by atoms with Crippen LogP contribution in [-0.2, 0) is 11.2 Å². The summed E-state index contributed by atoms with van der Waals surface area (Å²) in [6.07, 6.45) is 0.959. The molecular weight excluding hydrogens is 379 g/mol. The maximum absolute atomic E-state index is 13.9. The van der Waals surface area contributed by atoms with Crippen LogP contribution in [0.4, 0.5) is 10.2 Å². The van der Waals surface area contributed by atoms with Crippen LogP contribution in [0.1, 0.15) is 23.1 Å². The quantitative estimate of drug-likeness (QED) is 0.709. The Morgan fingerprint density at radius 2 is 1.87 bits per heavy atom. The number of anilines is 1. The van der Waals surface area contributed by atoms with Crippen molar-refractivity contribution in [2.45, 2.75) is 26.7 Å². The van der Waals surface area contributed by atoms with Crippen LogP contribution in [0.2, 0.25) is 0 Å². The van der Waals surface area contributed by atoms with Crippen molar-refractivity contribution in [3.05, 3.63) is 71.0 Å². The fourth-order valence-electron chi connectivity index (χ4n) is 3.84. The number of H-pyrrole nitrogens is 1. The lowest BCUT2D eigenvalue weighted by Gasteiger charge is -2.22. The Balaban J connectivity index is 1.41. The predicted molar refractivity (Wildman–Crippen MR) is 117 cm³/mol. The predicted octanol–water partition coefficient (Wildman–Crippen LogP) is 4.11. The van der Waals surface area contributed by atoms with E-state index in [1.165, 1.54) is 17.2 Å². The van der Waals surface area contributed by atoms with Crippen molar-refractivity contribution in [1.29, 1.82) is 0 Å². The van der Waals surface area contributed by atoms with E-state index in [0.29, 0.717) is 25.2 Å². The van der Waals surface area contributed by atoms with Gasteiger partial charge < -0.3 is 9.80 Å². The van der Waals surface area contributed by atoms with Crippen molar-refractivity contribution in [3.8, 4) is 11.3 Å². The highest BCUT2D eigenvalue weighted by atomic mass is 19.1. The zero-order valence-electron chi connectivity index (χ0n) is 17.5. The lowest BCUT2D eigenvalue weighted by molar-refractivity contribution is -0.130. The Kier molecular flexibility index (Phi) is 5.84. The first-order chi connectivity index (χ1) is 14.5. The second-order valence-corrected chi connectivity index (χ2v) is 7.93. The van der Waals surface area contributed by atoms with Crippen LogP contribution in [0.25, 0.3) is 11.3 Å². The van der Waals surface area contributed by atoms with Gasteiger partial charge in [0, 0.05) is 32.2 Å². The van der Waals surface area contributed by atoms with E-state index in [0.717, 1.165) is 30.0 Å². The molecule has 0 radical (unpaired) electrons. The van der Waals surface area contributed by atoms with Gasteiger partial charge in [0.05, 0.1) is 12.1 Å². The van der Waals surface area contributed by atoms with Gasteiger partial charge in [0.25, 0.3) is 0 Å². The maximum atomic E-state index is 13.9. The number of benzene rings is 2. The van der Waals surface area contributed by atoms with Crippen LogP contribution >= 0.6 is 0 Å². The van der Waals surface area contributed by atoms with Gasteiger partial charge in [0.2, 0.25) is 5.91 Å². The number of hydrogen-bond acceptors (Lipinski definition) is 3. The minimum atomic E-state index is -0.322. The first kappa shape index (κ1) is 20.1. The average Bonchev–Trinajstić information content (AvgIpc) is 3.09. The SMILES string of the molecule is Cc1ccc(-c2cc(N3CCCN(C(=O)Cc4ccccc4F)CC3)n[nH]2)cc1C. The van der Waals surface area contributed by atoms with Crippen LogP contribution in [0, 0.1) is 19.7 Å². The van der Waals surface area contributed by atoms with E-state index in [2.05, 4.69) is 53.2 Å². The smallest absolute Gasteiger partial charge is 0.227 e. The van der Waals surface area contributed by atoms with E-state index in [-0.39, 0.29) is 18.1 Å². The Bertz CT molecular complexity index is 1050. The molecule has 4 rings (SSSR count). The molecule has 0 spiro atoms. The lowest BCUT2D eigenvalue weighted by atomic mass is 10.0. The van der Waals surface area contributed by atoms with E-state index < -0.39 is 0 Å². The zero-order valence-corrected chi connectivity index (χ0v) is 17.5. The number of carbonyl (C=O) groups is 1. The second kappa shape index (κ2) is 8.69. The molecule has 2 aromatic carbocycles. The van der Waals surface area contributed by atoms with Crippen molar-refractivity contribution < 1.29 is 9.18 Å². The fourth-order valence-corrected chi connectivity index (χ4v) is 3.84. The number of hydrogen-bond donors (Lipinski definition) is 1. The minimum absolute atomic E-state index is 0.0280. The molecule has 1 aromatic heterocycles. The maximum Gasteiger partial charge on any atom is 0.227 e. The molecule has 1 saturated heterocycles. The van der Waals surface area contributed by atoms with Crippen molar-refractivity contribution in [2.75, 3.05) is 31.1 Å². The third kappa shape index (κ3) is 4.37. The highest BCUT2D eigenvalue weighted by molar-refractivity contribution is 5.79. The van der Waals surface area contributed by atoms with Gasteiger partial charge >= 0.3 is 0 Å². The van der Waals surface area contributed by atoms with Crippen LogP contribution in [0.15, 0.2) is 48.5 Å². The molecular formula is C24H27FN4O. The summed E-state index contributed by atoms with van der Waals surface area (Å²) in [5.41, 5.74) is 5.08. The van der Waals surface area contributed by atoms with Gasteiger partial charge in [-0.05, 0) is 54.7 Å². The van der Waals surface area contributed by atoms with Crippen LogP contribution in [0.5, 0.6) is 0 Å². The Labute approximate surface area is 176 Å². The van der Waals surface area contributed by atoms with Crippen molar-refractivity contribution in [3.63, 3.8) is 0 Å². The molecule has 1 aliphatic rings. The first-order valence-electron chi connectivity index (χ1n) is 10.4. The zero-order chi connectivity index (χ0) is 21.1. The number of rotatable bonds is 4. The number of amides is 1. The number of halogens is 1. The van der Waals surface area contributed by atoms with Gasteiger partial charge in [-0.15, -0.1) is 0 Å². The summed E-state index contributed by atoms with van der Waals surface area (Å²) in [6, 6.07) is 14.9. The summed E-state index contributed by atoms with van der Waals surface area (Å²) >= 11 is 0. The van der Waals surface area contributed by atoms with Crippen molar-refractivity contribution in [2.24, 2.45) is 0 Å². The van der Waals surface area contributed by atoms with E-state index in [4.69, 9.17) is 0 Å². The highest BCUT2D eigenvalue weighted by Gasteiger charge is 2.21. The number of aromatic amines is 1. The molecule has 156 valence electrons. The highest BCUT2D eigenvalue weighted by Crippen LogP contribution is 2.24. The summed E-state index contributed by atoms with van der Waals surface area (Å²) in [5, 5.41) is 7.65. The average molecular weight is 407 g/mol. The van der Waals surface area contributed by atoms with E-state index in [1.807, 2.05) is 4.90 Å². The number of carbonyl (C=O) groups excluding carboxylic acids is 1. The molecule has 0 unspecified atom stereocenters. The first-order valence-corrected chi connectivity index (χ1v) is 10.4. The molecule has 5 nitrogen and oxygen atoms in total. The summed E-state index contributed by atoms with van der Waals surface area (Å²) in [5.74, 6) is 0.545. The molecule has 0 bridgehead atoms. The van der Waals surface area contributed by atoms with Crippen LogP contribution in [-0.4, -0.2) is 47.2 Å². The summed E-state index contributed by atoms with van der Waals surface area (Å²) < 4.78 is 13.9. The van der Waals surface area contributed by atoms with Crippen LogP contribution in [0.3, 0.4) is 0 Å². The van der Waals surface area contributed by atoms with Gasteiger partial charge in [-0.3, -0.25) is 9.89 Å². The number of aromatic nitrogens is 2. The molecule has 6 heteroatoms. The topological polar surface area (TPSA) is 52.2 Å².